The van der Waals surface area contributed by atoms with Crippen LogP contribution in [0.2, 0.25) is 0 Å². The van der Waals surface area contributed by atoms with Gasteiger partial charge in [0.05, 0.1) is 7.11 Å². The fourth-order valence-electron chi connectivity index (χ4n) is 1.28. The second-order valence-electron chi connectivity index (χ2n) is 3.21. The molecule has 0 spiro atoms. The molecule has 0 saturated heterocycles. The summed E-state index contributed by atoms with van der Waals surface area (Å²) in [5.41, 5.74) is 0.856. The van der Waals surface area contributed by atoms with E-state index in [1.807, 2.05) is 30.3 Å². The Balaban J connectivity index is 2.70. The van der Waals surface area contributed by atoms with Crippen LogP contribution in [0.1, 0.15) is 5.56 Å². The van der Waals surface area contributed by atoms with Gasteiger partial charge in [-0.05, 0) is 5.56 Å². The molecular weight excluding hydrogens is 210 g/mol. The Hall–Kier alpha value is -2.04. The van der Waals surface area contributed by atoms with Gasteiger partial charge in [-0.15, -0.1) is 0 Å². The Kier molecular flexibility index (Phi) is 4.32. The molecule has 0 unspecified atom stereocenters. The van der Waals surface area contributed by atoms with E-state index in [9.17, 15) is 9.59 Å². The Morgan fingerprint density at radius 2 is 1.94 bits per heavy atom. The third kappa shape index (κ3) is 3.61. The molecule has 0 aliphatic heterocycles. The quantitative estimate of drug-likeness (QED) is 0.836. The molecule has 1 aromatic carbocycles. The lowest BCUT2D eigenvalue weighted by Crippen LogP contribution is -2.34. The number of rotatable bonds is 4. The highest BCUT2D eigenvalue weighted by Crippen LogP contribution is 2.05. The van der Waals surface area contributed by atoms with Crippen LogP contribution >= 0.6 is 0 Å². The number of carboxylic acids is 1. The smallest absolute Gasteiger partial charge is 0.410 e. The van der Waals surface area contributed by atoms with Crippen LogP contribution in [-0.4, -0.2) is 35.7 Å². The van der Waals surface area contributed by atoms with Crippen molar-refractivity contribution in [3.63, 3.8) is 0 Å². The molecule has 0 heterocycles. The molecule has 0 aliphatic carbocycles. The highest BCUT2D eigenvalue weighted by molar-refractivity contribution is 5.76. The molecule has 5 heteroatoms. The number of carboxylic acid groups (broad SMARTS) is 1. The van der Waals surface area contributed by atoms with Gasteiger partial charge in [-0.3, -0.25) is 9.69 Å². The van der Waals surface area contributed by atoms with E-state index in [1.165, 1.54) is 7.11 Å². The Bertz CT molecular complexity index is 364. The molecule has 0 bridgehead atoms. The Morgan fingerprint density at radius 3 is 2.44 bits per heavy atom. The van der Waals surface area contributed by atoms with Crippen molar-refractivity contribution in [2.45, 2.75) is 6.54 Å². The number of benzene rings is 1. The van der Waals surface area contributed by atoms with Crippen LogP contribution < -0.4 is 0 Å². The number of amides is 1. The SMILES string of the molecule is COC(=O)N(CC(=O)O)Cc1ccccc1. The molecule has 86 valence electrons. The number of hydrogen-bond donors (Lipinski definition) is 1. The number of ether oxygens (including phenoxy) is 1. The Labute approximate surface area is 93.2 Å². The average Bonchev–Trinajstić information content (AvgIpc) is 2.28. The maximum absolute atomic E-state index is 11.3. The van der Waals surface area contributed by atoms with Gasteiger partial charge in [0.15, 0.2) is 0 Å². The van der Waals surface area contributed by atoms with Crippen LogP contribution in [0.4, 0.5) is 4.79 Å². The molecular formula is C11H13NO4. The van der Waals surface area contributed by atoms with Crippen molar-refractivity contribution in [2.75, 3.05) is 13.7 Å². The minimum Gasteiger partial charge on any atom is -0.480 e. The van der Waals surface area contributed by atoms with E-state index in [-0.39, 0.29) is 13.1 Å². The van der Waals surface area contributed by atoms with Gasteiger partial charge in [0.25, 0.3) is 0 Å². The standard InChI is InChI=1S/C11H13NO4/c1-16-11(15)12(8-10(13)14)7-9-5-3-2-4-6-9/h2-6H,7-8H2,1H3,(H,13,14). The summed E-state index contributed by atoms with van der Waals surface area (Å²) in [6.45, 7) is -0.151. The number of carbonyl (C=O) groups excluding carboxylic acids is 1. The summed E-state index contributed by atoms with van der Waals surface area (Å²) in [6, 6.07) is 9.13. The second kappa shape index (κ2) is 5.75. The molecule has 0 saturated carbocycles. The van der Waals surface area contributed by atoms with Crippen LogP contribution in [0, 0.1) is 0 Å². The Morgan fingerprint density at radius 1 is 1.31 bits per heavy atom. The minimum atomic E-state index is -1.07. The molecule has 0 fully saturated rings. The zero-order valence-electron chi connectivity index (χ0n) is 8.92. The second-order valence-corrected chi connectivity index (χ2v) is 3.21. The first-order chi connectivity index (χ1) is 7.63. The largest absolute Gasteiger partial charge is 0.480 e. The van der Waals surface area contributed by atoms with E-state index in [0.29, 0.717) is 0 Å². The minimum absolute atomic E-state index is 0.222. The molecule has 1 amide bonds. The van der Waals surface area contributed by atoms with Crippen LogP contribution in [0.5, 0.6) is 0 Å². The highest BCUT2D eigenvalue weighted by atomic mass is 16.5. The molecule has 16 heavy (non-hydrogen) atoms. The molecule has 0 atom stereocenters. The van der Waals surface area contributed by atoms with Crippen LogP contribution in [0.3, 0.4) is 0 Å². The fraction of sp³-hybridized carbons (Fsp3) is 0.273. The van der Waals surface area contributed by atoms with E-state index in [1.54, 1.807) is 0 Å². The summed E-state index contributed by atoms with van der Waals surface area (Å²) in [5.74, 6) is -1.07. The van der Waals surface area contributed by atoms with E-state index in [2.05, 4.69) is 4.74 Å². The predicted octanol–water partition coefficient (Wildman–Crippen LogP) is 1.34. The van der Waals surface area contributed by atoms with Crippen LogP contribution in [-0.2, 0) is 16.1 Å². The molecule has 1 N–H and O–H groups in total. The summed E-state index contributed by atoms with van der Waals surface area (Å²) in [7, 11) is 1.22. The van der Waals surface area contributed by atoms with E-state index in [0.717, 1.165) is 10.5 Å². The predicted molar refractivity (Wildman–Crippen MR) is 56.9 cm³/mol. The third-order valence-corrected chi connectivity index (χ3v) is 1.98. The first-order valence-corrected chi connectivity index (χ1v) is 4.72. The number of carbonyl (C=O) groups is 2. The van der Waals surface area contributed by atoms with Gasteiger partial charge in [0, 0.05) is 6.54 Å². The normalized spacial score (nSPS) is 9.56. The van der Waals surface area contributed by atoms with Gasteiger partial charge in [-0.2, -0.15) is 0 Å². The summed E-state index contributed by atoms with van der Waals surface area (Å²) in [4.78, 5) is 23.0. The van der Waals surface area contributed by atoms with Crippen LogP contribution in [0.15, 0.2) is 30.3 Å². The zero-order valence-corrected chi connectivity index (χ0v) is 8.92. The molecule has 1 rings (SSSR count). The van der Waals surface area contributed by atoms with E-state index >= 15 is 0 Å². The molecule has 5 nitrogen and oxygen atoms in total. The first-order valence-electron chi connectivity index (χ1n) is 4.72. The highest BCUT2D eigenvalue weighted by Gasteiger charge is 2.17. The van der Waals surface area contributed by atoms with Gasteiger partial charge >= 0.3 is 12.1 Å². The summed E-state index contributed by atoms with van der Waals surface area (Å²) in [6.07, 6.45) is -0.647. The maximum Gasteiger partial charge on any atom is 0.410 e. The van der Waals surface area contributed by atoms with Gasteiger partial charge in [0.1, 0.15) is 6.54 Å². The number of methoxy groups -OCH3 is 1. The maximum atomic E-state index is 11.3. The van der Waals surface area contributed by atoms with Crippen molar-refractivity contribution in [1.82, 2.24) is 4.90 Å². The average molecular weight is 223 g/mol. The van der Waals surface area contributed by atoms with Gasteiger partial charge in [-0.25, -0.2) is 4.79 Å². The lowest BCUT2D eigenvalue weighted by atomic mass is 10.2. The van der Waals surface area contributed by atoms with Crippen molar-refractivity contribution in [3.05, 3.63) is 35.9 Å². The van der Waals surface area contributed by atoms with Crippen molar-refractivity contribution < 1.29 is 19.4 Å². The molecule has 0 aromatic heterocycles. The lowest BCUT2D eigenvalue weighted by Gasteiger charge is -2.18. The zero-order chi connectivity index (χ0) is 12.0. The summed E-state index contributed by atoms with van der Waals surface area (Å²) in [5, 5.41) is 8.66. The van der Waals surface area contributed by atoms with Crippen molar-refractivity contribution in [1.29, 1.82) is 0 Å². The molecule has 0 radical (unpaired) electrons. The number of nitrogens with zero attached hydrogens (tertiary/aromatic N) is 1. The molecule has 0 aliphatic rings. The first kappa shape index (κ1) is 12.0. The summed E-state index contributed by atoms with van der Waals surface area (Å²) >= 11 is 0. The number of hydrogen-bond acceptors (Lipinski definition) is 3. The topological polar surface area (TPSA) is 66.8 Å². The summed E-state index contributed by atoms with van der Waals surface area (Å²) < 4.78 is 4.51. The monoisotopic (exact) mass is 223 g/mol. The molecule has 1 aromatic rings. The third-order valence-electron chi connectivity index (χ3n) is 1.98. The van der Waals surface area contributed by atoms with E-state index in [4.69, 9.17) is 5.11 Å². The van der Waals surface area contributed by atoms with Crippen molar-refractivity contribution in [3.8, 4) is 0 Å². The van der Waals surface area contributed by atoms with Gasteiger partial charge < -0.3 is 9.84 Å². The van der Waals surface area contributed by atoms with E-state index < -0.39 is 12.1 Å². The van der Waals surface area contributed by atoms with Gasteiger partial charge in [0.2, 0.25) is 0 Å². The number of aliphatic carboxylic acids is 1. The van der Waals surface area contributed by atoms with Gasteiger partial charge in [-0.1, -0.05) is 30.3 Å². The van der Waals surface area contributed by atoms with Crippen molar-refractivity contribution >= 4 is 12.1 Å². The fourth-order valence-corrected chi connectivity index (χ4v) is 1.28. The van der Waals surface area contributed by atoms with Crippen LogP contribution in [0.25, 0.3) is 0 Å². The lowest BCUT2D eigenvalue weighted by molar-refractivity contribution is -0.138. The van der Waals surface area contributed by atoms with Crippen molar-refractivity contribution in [2.24, 2.45) is 0 Å².